The van der Waals surface area contributed by atoms with Crippen LogP contribution in [-0.2, 0) is 0 Å². The number of carbonyl (C=O) groups is 2. The van der Waals surface area contributed by atoms with Gasteiger partial charge < -0.3 is 10.6 Å². The van der Waals surface area contributed by atoms with E-state index in [1.807, 2.05) is 18.2 Å². The van der Waals surface area contributed by atoms with Crippen molar-refractivity contribution in [1.82, 2.24) is 15.5 Å². The van der Waals surface area contributed by atoms with Gasteiger partial charge >= 0.3 is 0 Å². The summed E-state index contributed by atoms with van der Waals surface area (Å²) in [6, 6.07) is 17.1. The van der Waals surface area contributed by atoms with E-state index in [-0.39, 0.29) is 35.8 Å². The molecule has 0 spiro atoms. The number of amides is 2. The van der Waals surface area contributed by atoms with Crippen LogP contribution in [0.1, 0.15) is 20.7 Å². The molecule has 2 aromatic rings. The topological polar surface area (TPSA) is 73.8 Å². The van der Waals surface area contributed by atoms with Crippen molar-refractivity contribution in [3.8, 4) is 0 Å². The zero-order valence-electron chi connectivity index (χ0n) is 15.6. The molecule has 1 aliphatic heterocycles. The van der Waals surface area contributed by atoms with E-state index in [1.165, 1.54) is 9.80 Å². The van der Waals surface area contributed by atoms with Crippen LogP contribution in [0, 0.1) is 0 Å². The molecule has 0 radical (unpaired) electrons. The fourth-order valence-electron chi connectivity index (χ4n) is 2.80. The number of aliphatic imine (C=N–C) groups is 1. The number of fused-ring (bicyclic) bond motifs is 1. The summed E-state index contributed by atoms with van der Waals surface area (Å²) >= 11 is 1.77. The fraction of sp³-hybridized carbons (Fsp3) is 0.250. The van der Waals surface area contributed by atoms with E-state index in [2.05, 4.69) is 27.8 Å². The lowest BCUT2D eigenvalue weighted by molar-refractivity contribution is 0.0657. The molecule has 8 heteroatoms. The molecular weight excluding hydrogens is 487 g/mol. The van der Waals surface area contributed by atoms with Gasteiger partial charge in [-0.3, -0.25) is 19.5 Å². The molecule has 1 heterocycles. The molecule has 0 aromatic heterocycles. The molecule has 0 saturated carbocycles. The molecule has 2 N–H and O–H groups in total. The molecule has 0 aliphatic carbocycles. The van der Waals surface area contributed by atoms with E-state index in [4.69, 9.17) is 0 Å². The van der Waals surface area contributed by atoms with Crippen LogP contribution in [0.5, 0.6) is 0 Å². The van der Waals surface area contributed by atoms with Crippen molar-refractivity contribution >= 4 is 53.5 Å². The molecule has 2 amide bonds. The normalized spacial score (nSPS) is 13.2. The molecule has 0 atom stereocenters. The van der Waals surface area contributed by atoms with E-state index >= 15 is 0 Å². The van der Waals surface area contributed by atoms with Gasteiger partial charge in [0.05, 0.1) is 11.1 Å². The minimum atomic E-state index is -0.236. The van der Waals surface area contributed by atoms with Crippen LogP contribution in [-0.4, -0.2) is 55.1 Å². The van der Waals surface area contributed by atoms with E-state index in [0.717, 1.165) is 12.3 Å². The van der Waals surface area contributed by atoms with Gasteiger partial charge in [0.1, 0.15) is 0 Å². The fourth-order valence-corrected chi connectivity index (χ4v) is 3.59. The maximum Gasteiger partial charge on any atom is 0.261 e. The minimum Gasteiger partial charge on any atom is -0.356 e. The number of carbonyl (C=O) groups excluding carboxylic acids is 2. The largest absolute Gasteiger partial charge is 0.356 e. The molecule has 148 valence electrons. The van der Waals surface area contributed by atoms with Crippen LogP contribution in [0.25, 0.3) is 0 Å². The van der Waals surface area contributed by atoms with E-state index < -0.39 is 0 Å². The lowest BCUT2D eigenvalue weighted by atomic mass is 10.1. The standard InChI is InChI=1S/C20H22N4O2S.HI/c1-21-20(23-12-14-27-15-7-3-2-4-8-15)22-11-13-24-18(25)16-9-5-6-10-17(16)19(24)26;/h2-10H,11-14H2,1H3,(H2,21,22,23);1H. The maximum absolute atomic E-state index is 12.3. The van der Waals surface area contributed by atoms with Crippen molar-refractivity contribution in [2.45, 2.75) is 4.90 Å². The summed E-state index contributed by atoms with van der Waals surface area (Å²) in [4.78, 5) is 31.3. The maximum atomic E-state index is 12.3. The summed E-state index contributed by atoms with van der Waals surface area (Å²) in [5.74, 6) is 1.09. The van der Waals surface area contributed by atoms with Gasteiger partial charge in [0, 0.05) is 37.3 Å². The van der Waals surface area contributed by atoms with Gasteiger partial charge in [0.25, 0.3) is 11.8 Å². The summed E-state index contributed by atoms with van der Waals surface area (Å²) in [5, 5.41) is 6.38. The van der Waals surface area contributed by atoms with Gasteiger partial charge in [0.2, 0.25) is 0 Å². The van der Waals surface area contributed by atoms with Crippen molar-refractivity contribution in [2.75, 3.05) is 32.4 Å². The number of hydrogen-bond acceptors (Lipinski definition) is 4. The van der Waals surface area contributed by atoms with Crippen LogP contribution >= 0.6 is 35.7 Å². The number of rotatable bonds is 7. The molecule has 6 nitrogen and oxygen atoms in total. The Kier molecular flexibility index (Phi) is 8.78. The Morgan fingerprint density at radius 3 is 2.11 bits per heavy atom. The Bertz CT molecular complexity index is 810. The lowest BCUT2D eigenvalue weighted by Crippen LogP contribution is -2.43. The summed E-state index contributed by atoms with van der Waals surface area (Å²) in [7, 11) is 1.70. The number of imide groups is 1. The first kappa shape index (κ1) is 22.2. The lowest BCUT2D eigenvalue weighted by Gasteiger charge is -2.16. The third-order valence-corrected chi connectivity index (χ3v) is 5.15. The molecule has 0 unspecified atom stereocenters. The number of nitrogens with zero attached hydrogens (tertiary/aromatic N) is 2. The van der Waals surface area contributed by atoms with Crippen molar-refractivity contribution in [2.24, 2.45) is 4.99 Å². The van der Waals surface area contributed by atoms with Crippen LogP contribution < -0.4 is 10.6 Å². The number of thioether (sulfide) groups is 1. The molecule has 0 saturated heterocycles. The molecule has 0 fully saturated rings. The highest BCUT2D eigenvalue weighted by atomic mass is 127. The second kappa shape index (κ2) is 11.1. The number of guanidine groups is 1. The average molecular weight is 510 g/mol. The number of hydrogen-bond donors (Lipinski definition) is 2. The molecule has 3 rings (SSSR count). The van der Waals surface area contributed by atoms with E-state index in [0.29, 0.717) is 30.2 Å². The summed E-state index contributed by atoms with van der Waals surface area (Å²) in [6.07, 6.45) is 0. The van der Waals surface area contributed by atoms with Gasteiger partial charge in [-0.05, 0) is 24.3 Å². The first-order chi connectivity index (χ1) is 13.2. The third-order valence-electron chi connectivity index (χ3n) is 4.14. The monoisotopic (exact) mass is 510 g/mol. The zero-order valence-corrected chi connectivity index (χ0v) is 18.7. The smallest absolute Gasteiger partial charge is 0.261 e. The van der Waals surface area contributed by atoms with Crippen LogP contribution in [0.2, 0.25) is 0 Å². The first-order valence-corrected chi connectivity index (χ1v) is 9.77. The minimum absolute atomic E-state index is 0. The highest BCUT2D eigenvalue weighted by Crippen LogP contribution is 2.21. The van der Waals surface area contributed by atoms with Gasteiger partial charge in [-0.25, -0.2) is 0 Å². The summed E-state index contributed by atoms with van der Waals surface area (Å²) in [6.45, 7) is 1.50. The Morgan fingerprint density at radius 1 is 0.929 bits per heavy atom. The summed E-state index contributed by atoms with van der Waals surface area (Å²) in [5.41, 5.74) is 0.950. The Labute approximate surface area is 186 Å². The third kappa shape index (κ3) is 5.48. The van der Waals surface area contributed by atoms with Crippen LogP contribution in [0.3, 0.4) is 0 Å². The second-order valence-corrected chi connectivity index (χ2v) is 7.06. The molecular formula is C20H23IN4O2S. The Hall–Kier alpha value is -2.07. The van der Waals surface area contributed by atoms with Gasteiger partial charge in [-0.15, -0.1) is 35.7 Å². The van der Waals surface area contributed by atoms with E-state index in [9.17, 15) is 9.59 Å². The number of nitrogens with one attached hydrogen (secondary N) is 2. The van der Waals surface area contributed by atoms with Gasteiger partial charge in [-0.2, -0.15) is 0 Å². The van der Waals surface area contributed by atoms with Gasteiger partial charge in [-0.1, -0.05) is 30.3 Å². The zero-order chi connectivity index (χ0) is 19.1. The Morgan fingerprint density at radius 2 is 1.50 bits per heavy atom. The predicted octanol–water partition coefficient (Wildman–Crippen LogP) is 2.86. The average Bonchev–Trinajstić information content (AvgIpc) is 2.95. The summed E-state index contributed by atoms with van der Waals surface area (Å²) < 4.78 is 0. The van der Waals surface area contributed by atoms with E-state index in [1.54, 1.807) is 43.1 Å². The first-order valence-electron chi connectivity index (χ1n) is 8.78. The second-order valence-electron chi connectivity index (χ2n) is 5.89. The SMILES string of the molecule is CN=C(NCCSc1ccccc1)NCCN1C(=O)c2ccccc2C1=O.I. The van der Waals surface area contributed by atoms with Crippen LogP contribution in [0.4, 0.5) is 0 Å². The van der Waals surface area contributed by atoms with Gasteiger partial charge in [0.15, 0.2) is 5.96 Å². The molecule has 1 aliphatic rings. The predicted molar refractivity (Wildman–Crippen MR) is 124 cm³/mol. The highest BCUT2D eigenvalue weighted by molar-refractivity contribution is 14.0. The van der Waals surface area contributed by atoms with Crippen molar-refractivity contribution < 1.29 is 9.59 Å². The van der Waals surface area contributed by atoms with Crippen molar-refractivity contribution in [3.05, 3.63) is 65.7 Å². The number of benzene rings is 2. The van der Waals surface area contributed by atoms with Crippen molar-refractivity contribution in [3.63, 3.8) is 0 Å². The highest BCUT2D eigenvalue weighted by Gasteiger charge is 2.34. The number of halogens is 1. The Balaban J connectivity index is 0.00000280. The molecule has 28 heavy (non-hydrogen) atoms. The van der Waals surface area contributed by atoms with Crippen LogP contribution in [0.15, 0.2) is 64.5 Å². The molecule has 0 bridgehead atoms. The molecule has 2 aromatic carbocycles. The van der Waals surface area contributed by atoms with Crippen molar-refractivity contribution in [1.29, 1.82) is 0 Å². The quantitative estimate of drug-likeness (QED) is 0.150.